The molecule has 0 radical (unpaired) electrons. The molecule has 0 saturated heterocycles. The van der Waals surface area contributed by atoms with Crippen LogP contribution in [-0.2, 0) is 0 Å². The molecule has 0 fully saturated rings. The lowest BCUT2D eigenvalue weighted by molar-refractivity contribution is 0.103. The van der Waals surface area contributed by atoms with Gasteiger partial charge in [0.25, 0.3) is 5.91 Å². The maximum atomic E-state index is 12.3. The van der Waals surface area contributed by atoms with Crippen LogP contribution in [0.1, 0.15) is 26.4 Å². The molecule has 2 N–H and O–H groups in total. The van der Waals surface area contributed by atoms with E-state index in [0.717, 1.165) is 5.56 Å². The molecule has 5 heteroatoms. The predicted octanol–water partition coefficient (Wildman–Crippen LogP) is 2.52. The summed E-state index contributed by atoms with van der Waals surface area (Å²) < 4.78 is 0. The Kier molecular flexibility index (Phi) is 4.73. The lowest BCUT2D eigenvalue weighted by Gasteiger charge is -2.08. The molecule has 0 aliphatic heterocycles. The third-order valence-corrected chi connectivity index (χ3v) is 3.72. The molecule has 1 aromatic heterocycles. The fraction of sp³-hybridized carbons (Fsp3) is 0.125. The molecule has 0 aliphatic carbocycles. The quantitative estimate of drug-likeness (QED) is 0.836. The number of aryl methyl sites for hydroxylation is 1. The number of hydrogen-bond donors (Lipinski definition) is 2. The molecule has 0 aliphatic rings. The molecule has 104 valence electrons. The number of nitrogens with one attached hydrogen (secondary N) is 1. The zero-order valence-electron chi connectivity index (χ0n) is 11.3. The van der Waals surface area contributed by atoms with Gasteiger partial charge in [-0.25, -0.2) is 0 Å². The van der Waals surface area contributed by atoms with Crippen LogP contribution in [0.4, 0.5) is 5.69 Å². The molecular formula is C16H12N2O2S. The molecule has 2 rings (SSSR count). The van der Waals surface area contributed by atoms with Crippen molar-refractivity contribution < 1.29 is 9.90 Å². The van der Waals surface area contributed by atoms with E-state index in [1.54, 1.807) is 23.6 Å². The number of nitriles is 1. The number of carbonyl (C=O) groups excluding carboxylic acids is 1. The van der Waals surface area contributed by atoms with Crippen LogP contribution in [0.25, 0.3) is 0 Å². The maximum absolute atomic E-state index is 12.3. The van der Waals surface area contributed by atoms with Crippen molar-refractivity contribution in [3.63, 3.8) is 0 Å². The molecule has 1 amide bonds. The van der Waals surface area contributed by atoms with Crippen LogP contribution < -0.4 is 5.32 Å². The number of amides is 1. The second-order valence-electron chi connectivity index (χ2n) is 4.19. The fourth-order valence-electron chi connectivity index (χ4n) is 1.82. The summed E-state index contributed by atoms with van der Waals surface area (Å²) in [6, 6.07) is 9.11. The van der Waals surface area contributed by atoms with Gasteiger partial charge in [-0.05, 0) is 30.0 Å². The standard InChI is InChI=1S/C16H12N2O2S/c1-11-4-2-6-14(13(11)10-17)18-16(20)15-12(5-3-8-19)7-9-21-15/h2,4,6-7,9,19H,8H2,1H3,(H,18,20). The third kappa shape index (κ3) is 3.29. The largest absolute Gasteiger partial charge is 0.384 e. The molecule has 4 nitrogen and oxygen atoms in total. The van der Waals surface area contributed by atoms with E-state index < -0.39 is 0 Å². The zero-order chi connectivity index (χ0) is 15.2. The highest BCUT2D eigenvalue weighted by molar-refractivity contribution is 7.12. The Hall–Kier alpha value is -2.60. The number of nitrogens with zero attached hydrogens (tertiary/aromatic N) is 1. The van der Waals surface area contributed by atoms with Crippen molar-refractivity contribution in [2.75, 3.05) is 11.9 Å². The first-order valence-electron chi connectivity index (χ1n) is 6.15. The number of anilines is 1. The van der Waals surface area contributed by atoms with Crippen molar-refractivity contribution in [2.45, 2.75) is 6.92 Å². The van der Waals surface area contributed by atoms with Gasteiger partial charge >= 0.3 is 0 Å². The maximum Gasteiger partial charge on any atom is 0.267 e. The van der Waals surface area contributed by atoms with Gasteiger partial charge in [-0.2, -0.15) is 5.26 Å². The third-order valence-electron chi connectivity index (χ3n) is 2.81. The summed E-state index contributed by atoms with van der Waals surface area (Å²) in [5.74, 6) is 4.94. The summed E-state index contributed by atoms with van der Waals surface area (Å²) in [4.78, 5) is 12.8. The van der Waals surface area contributed by atoms with Crippen LogP contribution >= 0.6 is 11.3 Å². The van der Waals surface area contributed by atoms with Gasteiger partial charge in [-0.1, -0.05) is 24.0 Å². The second-order valence-corrected chi connectivity index (χ2v) is 5.10. The van der Waals surface area contributed by atoms with Crippen molar-refractivity contribution >= 4 is 22.9 Å². The highest BCUT2D eigenvalue weighted by Gasteiger charge is 2.14. The summed E-state index contributed by atoms with van der Waals surface area (Å²) >= 11 is 1.27. The number of hydrogen-bond acceptors (Lipinski definition) is 4. The summed E-state index contributed by atoms with van der Waals surface area (Å²) in [6.45, 7) is 1.56. The van der Waals surface area contributed by atoms with Gasteiger partial charge in [-0.15, -0.1) is 11.3 Å². The first kappa shape index (κ1) is 14.8. The molecule has 0 saturated carbocycles. The number of carbonyl (C=O) groups is 1. The van der Waals surface area contributed by atoms with E-state index >= 15 is 0 Å². The van der Waals surface area contributed by atoms with Gasteiger partial charge in [0.1, 0.15) is 17.6 Å². The van der Waals surface area contributed by atoms with Gasteiger partial charge < -0.3 is 10.4 Å². The zero-order valence-corrected chi connectivity index (χ0v) is 12.1. The Bertz CT molecular complexity index is 776. The van der Waals surface area contributed by atoms with E-state index in [9.17, 15) is 4.79 Å². The number of benzene rings is 1. The van der Waals surface area contributed by atoms with E-state index in [0.29, 0.717) is 21.7 Å². The minimum absolute atomic E-state index is 0.257. The molecule has 2 aromatic rings. The number of rotatable bonds is 2. The van der Waals surface area contributed by atoms with Crippen LogP contribution in [-0.4, -0.2) is 17.6 Å². The average molecular weight is 296 g/mol. The molecule has 21 heavy (non-hydrogen) atoms. The summed E-state index contributed by atoms with van der Waals surface area (Å²) in [5, 5.41) is 22.4. The second kappa shape index (κ2) is 6.71. The van der Waals surface area contributed by atoms with Gasteiger partial charge in [0.05, 0.1) is 11.3 Å². The summed E-state index contributed by atoms with van der Waals surface area (Å²) in [6.07, 6.45) is 0. The SMILES string of the molecule is Cc1cccc(NC(=O)c2sccc2C#CCO)c1C#N. The molecule has 1 aromatic carbocycles. The van der Waals surface area contributed by atoms with Crippen LogP contribution in [0.15, 0.2) is 29.6 Å². The van der Waals surface area contributed by atoms with Crippen molar-refractivity contribution in [3.05, 3.63) is 51.2 Å². The molecular weight excluding hydrogens is 284 g/mol. The van der Waals surface area contributed by atoms with Crippen molar-refractivity contribution in [1.29, 1.82) is 5.26 Å². The normalized spacial score (nSPS) is 9.38. The van der Waals surface area contributed by atoms with Crippen LogP contribution in [0.5, 0.6) is 0 Å². The van der Waals surface area contributed by atoms with Crippen molar-refractivity contribution in [2.24, 2.45) is 0 Å². The van der Waals surface area contributed by atoms with E-state index in [1.807, 2.05) is 13.0 Å². The Morgan fingerprint density at radius 1 is 1.43 bits per heavy atom. The number of thiophene rings is 1. The minimum atomic E-state index is -0.311. The lowest BCUT2D eigenvalue weighted by atomic mass is 10.1. The number of aliphatic hydroxyl groups excluding tert-OH is 1. The first-order valence-corrected chi connectivity index (χ1v) is 7.03. The molecule has 1 heterocycles. The molecule has 0 unspecified atom stereocenters. The van der Waals surface area contributed by atoms with E-state index in [-0.39, 0.29) is 12.5 Å². The monoisotopic (exact) mass is 296 g/mol. The smallest absolute Gasteiger partial charge is 0.267 e. The van der Waals surface area contributed by atoms with E-state index in [1.165, 1.54) is 11.3 Å². The van der Waals surface area contributed by atoms with Crippen molar-refractivity contribution in [3.8, 4) is 17.9 Å². The fourth-order valence-corrected chi connectivity index (χ4v) is 2.56. The topological polar surface area (TPSA) is 73.1 Å². The van der Waals surface area contributed by atoms with Crippen LogP contribution in [0.3, 0.4) is 0 Å². The van der Waals surface area contributed by atoms with Gasteiger partial charge in [-0.3, -0.25) is 4.79 Å². The van der Waals surface area contributed by atoms with E-state index in [2.05, 4.69) is 23.2 Å². The Labute approximate surface area is 126 Å². The number of aliphatic hydroxyl groups is 1. The van der Waals surface area contributed by atoms with Gasteiger partial charge in [0.15, 0.2) is 0 Å². The Balaban J connectivity index is 2.30. The molecule has 0 spiro atoms. The Morgan fingerprint density at radius 2 is 2.24 bits per heavy atom. The predicted molar refractivity (Wildman–Crippen MR) is 82.1 cm³/mol. The highest BCUT2D eigenvalue weighted by Crippen LogP contribution is 2.22. The summed E-state index contributed by atoms with van der Waals surface area (Å²) in [7, 11) is 0. The minimum Gasteiger partial charge on any atom is -0.384 e. The highest BCUT2D eigenvalue weighted by atomic mass is 32.1. The van der Waals surface area contributed by atoms with E-state index in [4.69, 9.17) is 10.4 Å². The van der Waals surface area contributed by atoms with Crippen molar-refractivity contribution in [1.82, 2.24) is 0 Å². The van der Waals surface area contributed by atoms with Crippen LogP contribution in [0.2, 0.25) is 0 Å². The average Bonchev–Trinajstić information content (AvgIpc) is 2.94. The summed E-state index contributed by atoms with van der Waals surface area (Å²) in [5.41, 5.74) is 2.31. The molecule has 0 atom stereocenters. The first-order chi connectivity index (χ1) is 10.2. The van der Waals surface area contributed by atoms with Crippen LogP contribution in [0, 0.1) is 30.1 Å². The lowest BCUT2D eigenvalue weighted by Crippen LogP contribution is -2.13. The Morgan fingerprint density at radius 3 is 2.95 bits per heavy atom. The van der Waals surface area contributed by atoms with Gasteiger partial charge in [0.2, 0.25) is 0 Å². The van der Waals surface area contributed by atoms with Gasteiger partial charge in [0, 0.05) is 5.56 Å². The molecule has 0 bridgehead atoms.